The normalized spacial score (nSPS) is 10.5. The molecule has 0 saturated carbocycles. The summed E-state index contributed by atoms with van der Waals surface area (Å²) >= 11 is 0. The maximum atomic E-state index is 14.5. The number of nitrogens with zero attached hydrogens (tertiary/aromatic N) is 2. The van der Waals surface area contributed by atoms with Crippen LogP contribution in [0.1, 0.15) is 15.9 Å². The first-order chi connectivity index (χ1) is 10.1. The third kappa shape index (κ3) is 1.94. The van der Waals surface area contributed by atoms with Gasteiger partial charge in [0, 0.05) is 11.8 Å². The van der Waals surface area contributed by atoms with Gasteiger partial charge in [-0.2, -0.15) is 5.26 Å². The van der Waals surface area contributed by atoms with Crippen molar-refractivity contribution in [1.82, 2.24) is 4.40 Å². The van der Waals surface area contributed by atoms with Gasteiger partial charge < -0.3 is 9.51 Å². The van der Waals surface area contributed by atoms with E-state index in [1.54, 1.807) is 28.8 Å². The van der Waals surface area contributed by atoms with Crippen molar-refractivity contribution in [3.63, 3.8) is 0 Å². The van der Waals surface area contributed by atoms with Gasteiger partial charge in [-0.3, -0.25) is 0 Å². The zero-order valence-corrected chi connectivity index (χ0v) is 10.7. The molecular weight excluding hydrogens is 271 g/mol. The highest BCUT2D eigenvalue weighted by atomic mass is 19.1. The third-order valence-electron chi connectivity index (χ3n) is 3.30. The van der Waals surface area contributed by atoms with E-state index in [2.05, 4.69) is 0 Å². The van der Waals surface area contributed by atoms with Crippen LogP contribution in [0.2, 0.25) is 0 Å². The van der Waals surface area contributed by atoms with E-state index >= 15 is 0 Å². The van der Waals surface area contributed by atoms with Crippen LogP contribution >= 0.6 is 0 Å². The number of pyridine rings is 1. The van der Waals surface area contributed by atoms with Crippen LogP contribution in [0.15, 0.2) is 48.7 Å². The van der Waals surface area contributed by atoms with Gasteiger partial charge >= 0.3 is 5.97 Å². The Morgan fingerprint density at radius 3 is 2.52 bits per heavy atom. The van der Waals surface area contributed by atoms with Gasteiger partial charge in [0.1, 0.15) is 11.6 Å². The van der Waals surface area contributed by atoms with Crippen molar-refractivity contribution in [1.29, 1.82) is 5.26 Å². The van der Waals surface area contributed by atoms with Gasteiger partial charge in [0.05, 0.1) is 16.8 Å². The molecule has 102 valence electrons. The molecule has 3 aromatic rings. The standard InChI is InChI=1S/C16H9FN2O2/c17-14-12(9-18)13-3-1-2-8-19(13)15(14)10-4-6-11(7-5-10)16(20)21/h1-8H,(H,20,21). The van der Waals surface area contributed by atoms with Gasteiger partial charge in [0.2, 0.25) is 0 Å². The molecule has 0 bridgehead atoms. The molecule has 2 aromatic heterocycles. The second kappa shape index (κ2) is 4.76. The highest BCUT2D eigenvalue weighted by Crippen LogP contribution is 2.30. The Balaban J connectivity index is 2.28. The van der Waals surface area contributed by atoms with E-state index in [4.69, 9.17) is 10.4 Å². The van der Waals surface area contributed by atoms with Gasteiger partial charge in [-0.05, 0) is 24.3 Å². The van der Waals surface area contributed by atoms with Crippen LogP contribution < -0.4 is 0 Å². The molecule has 21 heavy (non-hydrogen) atoms. The Morgan fingerprint density at radius 1 is 1.19 bits per heavy atom. The smallest absolute Gasteiger partial charge is 0.335 e. The molecule has 4 nitrogen and oxygen atoms in total. The van der Waals surface area contributed by atoms with E-state index in [1.807, 2.05) is 6.07 Å². The number of aromatic carboxylic acids is 1. The van der Waals surface area contributed by atoms with Crippen LogP contribution in [0.3, 0.4) is 0 Å². The average Bonchev–Trinajstić information content (AvgIpc) is 2.78. The number of aromatic nitrogens is 1. The van der Waals surface area contributed by atoms with Gasteiger partial charge in [-0.25, -0.2) is 9.18 Å². The zero-order chi connectivity index (χ0) is 15.0. The van der Waals surface area contributed by atoms with Crippen LogP contribution in [0.4, 0.5) is 4.39 Å². The minimum absolute atomic E-state index is 0.0205. The van der Waals surface area contributed by atoms with E-state index in [1.165, 1.54) is 24.3 Å². The molecule has 1 aromatic carbocycles. The summed E-state index contributed by atoms with van der Waals surface area (Å²) in [5.74, 6) is -1.65. The van der Waals surface area contributed by atoms with E-state index in [0.717, 1.165) is 0 Å². The number of hydrogen-bond acceptors (Lipinski definition) is 2. The lowest BCUT2D eigenvalue weighted by atomic mass is 10.1. The molecule has 0 amide bonds. The third-order valence-corrected chi connectivity index (χ3v) is 3.30. The number of carboxylic acid groups (broad SMARTS) is 1. The predicted octanol–water partition coefficient (Wildman–Crippen LogP) is 3.32. The molecule has 5 heteroatoms. The molecule has 0 saturated heterocycles. The van der Waals surface area contributed by atoms with Crippen molar-refractivity contribution < 1.29 is 14.3 Å². The van der Waals surface area contributed by atoms with Crippen molar-refractivity contribution in [2.24, 2.45) is 0 Å². The van der Waals surface area contributed by atoms with Crippen molar-refractivity contribution >= 4 is 11.5 Å². The van der Waals surface area contributed by atoms with Crippen LogP contribution in [0.5, 0.6) is 0 Å². The van der Waals surface area contributed by atoms with E-state index in [9.17, 15) is 9.18 Å². The molecule has 0 aliphatic carbocycles. The summed E-state index contributed by atoms with van der Waals surface area (Å²) in [6.45, 7) is 0. The Morgan fingerprint density at radius 2 is 1.90 bits per heavy atom. The predicted molar refractivity (Wildman–Crippen MR) is 74.5 cm³/mol. The van der Waals surface area contributed by atoms with Gasteiger partial charge in [-0.15, -0.1) is 0 Å². The molecule has 0 aliphatic rings. The minimum Gasteiger partial charge on any atom is -0.478 e. The van der Waals surface area contributed by atoms with Crippen molar-refractivity contribution in [2.45, 2.75) is 0 Å². The molecule has 0 aliphatic heterocycles. The summed E-state index contributed by atoms with van der Waals surface area (Å²) in [6.07, 6.45) is 1.67. The molecule has 0 fully saturated rings. The Hall–Kier alpha value is -3.13. The fourth-order valence-corrected chi connectivity index (χ4v) is 2.32. The van der Waals surface area contributed by atoms with Crippen LogP contribution in [-0.4, -0.2) is 15.5 Å². The summed E-state index contributed by atoms with van der Waals surface area (Å²) in [6, 6.07) is 12.9. The zero-order valence-electron chi connectivity index (χ0n) is 10.7. The lowest BCUT2D eigenvalue weighted by Crippen LogP contribution is -1.96. The number of halogens is 1. The number of hydrogen-bond donors (Lipinski definition) is 1. The lowest BCUT2D eigenvalue weighted by Gasteiger charge is -2.03. The molecular formula is C16H9FN2O2. The summed E-state index contributed by atoms with van der Waals surface area (Å²) in [5, 5.41) is 18.0. The number of rotatable bonds is 2. The molecule has 3 rings (SSSR count). The molecule has 0 unspecified atom stereocenters. The lowest BCUT2D eigenvalue weighted by molar-refractivity contribution is 0.0697. The average molecular weight is 280 g/mol. The highest BCUT2D eigenvalue weighted by molar-refractivity contribution is 5.88. The Bertz CT molecular complexity index is 889. The van der Waals surface area contributed by atoms with Crippen molar-refractivity contribution in [3.05, 3.63) is 65.6 Å². The number of carboxylic acids is 1. The highest BCUT2D eigenvalue weighted by Gasteiger charge is 2.19. The van der Waals surface area contributed by atoms with Crippen molar-refractivity contribution in [2.75, 3.05) is 0 Å². The molecule has 0 atom stereocenters. The SMILES string of the molecule is N#Cc1c(F)c(-c2ccc(C(=O)O)cc2)n2ccccc12. The number of benzene rings is 1. The Labute approximate surface area is 119 Å². The first-order valence-corrected chi connectivity index (χ1v) is 6.16. The number of fused-ring (bicyclic) bond motifs is 1. The van der Waals surface area contributed by atoms with Gasteiger partial charge in [0.15, 0.2) is 5.82 Å². The molecule has 2 heterocycles. The van der Waals surface area contributed by atoms with E-state index in [-0.39, 0.29) is 16.8 Å². The summed E-state index contributed by atoms with van der Waals surface area (Å²) in [7, 11) is 0. The summed E-state index contributed by atoms with van der Waals surface area (Å²) < 4.78 is 16.1. The Kier molecular flexibility index (Phi) is 2.92. The first-order valence-electron chi connectivity index (χ1n) is 6.16. The minimum atomic E-state index is -1.04. The quantitative estimate of drug-likeness (QED) is 0.783. The summed E-state index contributed by atoms with van der Waals surface area (Å²) in [5.41, 5.74) is 1.35. The topological polar surface area (TPSA) is 65.5 Å². The van der Waals surface area contributed by atoms with Gasteiger partial charge in [-0.1, -0.05) is 18.2 Å². The fraction of sp³-hybridized carbons (Fsp3) is 0. The number of nitriles is 1. The maximum absolute atomic E-state index is 14.5. The number of carbonyl (C=O) groups is 1. The molecule has 1 N–H and O–H groups in total. The van der Waals surface area contributed by atoms with Crippen molar-refractivity contribution in [3.8, 4) is 17.3 Å². The molecule has 0 spiro atoms. The maximum Gasteiger partial charge on any atom is 0.335 e. The van der Waals surface area contributed by atoms with E-state index in [0.29, 0.717) is 11.1 Å². The first kappa shape index (κ1) is 12.9. The van der Waals surface area contributed by atoms with Gasteiger partial charge in [0.25, 0.3) is 0 Å². The summed E-state index contributed by atoms with van der Waals surface area (Å²) in [4.78, 5) is 10.9. The monoisotopic (exact) mass is 280 g/mol. The largest absolute Gasteiger partial charge is 0.478 e. The van der Waals surface area contributed by atoms with Crippen LogP contribution in [-0.2, 0) is 0 Å². The van der Waals surface area contributed by atoms with E-state index < -0.39 is 11.8 Å². The second-order valence-corrected chi connectivity index (χ2v) is 4.49. The van der Waals surface area contributed by atoms with Crippen LogP contribution in [0.25, 0.3) is 16.8 Å². The second-order valence-electron chi connectivity index (χ2n) is 4.49. The fourth-order valence-electron chi connectivity index (χ4n) is 2.32. The van der Waals surface area contributed by atoms with Crippen LogP contribution in [0, 0.1) is 17.1 Å². The molecule has 0 radical (unpaired) electrons.